The standard InChI is InChI=1S/C84H55N/c1-5-23-56(24-6-1)65-32-15-17-34-67(65)61-41-45-70(77(51-61)58-27-9-3-10-28-58)63-43-48-83-80(54-63)81-55-64(71-46-42-62(52-78(71)59-29-11-4-12-30-59)68-35-18-16-33-66(68)57-25-7-2-8-26-57)44-49-84(81)85(83)82-50-47-75(73-38-21-22-40-76(73)82)79-53-60-31-13-14-36-69(60)72-37-19-20-39-74(72)79/h1-55H. The number of nitrogens with zero attached hydrogens (tertiary/aromatic N) is 1. The maximum atomic E-state index is 2.52. The Labute approximate surface area is 495 Å². The van der Waals surface area contributed by atoms with Crippen molar-refractivity contribution in [2.45, 2.75) is 0 Å². The third-order valence-corrected chi connectivity index (χ3v) is 17.4. The lowest BCUT2D eigenvalue weighted by Gasteiger charge is -2.17. The van der Waals surface area contributed by atoms with Crippen molar-refractivity contribution < 1.29 is 0 Å². The SMILES string of the molecule is c1ccc(-c2ccccc2-c2ccc(-c3ccc4c(c3)c3cc(-c5ccc(-c6ccccc6-c6ccccc6)cc5-c5ccccc5)ccc3n4-c3ccc(-c4cc5ccccc5c5ccccc45)c4ccccc34)c(-c3ccccc3)c2)cc1. The van der Waals surface area contributed by atoms with Gasteiger partial charge in [0.25, 0.3) is 0 Å². The second-order valence-corrected chi connectivity index (χ2v) is 22.2. The Bertz CT molecular complexity index is 4980. The van der Waals surface area contributed by atoms with E-state index in [0.29, 0.717) is 0 Å². The van der Waals surface area contributed by atoms with Crippen LogP contribution in [0.3, 0.4) is 0 Å². The van der Waals surface area contributed by atoms with Crippen molar-refractivity contribution in [2.75, 3.05) is 0 Å². The fraction of sp³-hybridized carbons (Fsp3) is 0. The van der Waals surface area contributed by atoms with Crippen molar-refractivity contribution in [1.29, 1.82) is 0 Å². The lowest BCUT2D eigenvalue weighted by atomic mass is 9.88. The molecule has 1 aromatic heterocycles. The molecule has 0 radical (unpaired) electrons. The molecule has 0 unspecified atom stereocenters. The first kappa shape index (κ1) is 49.7. The molecule has 0 fully saturated rings. The van der Waals surface area contributed by atoms with E-state index >= 15 is 0 Å². The van der Waals surface area contributed by atoms with E-state index in [-0.39, 0.29) is 0 Å². The summed E-state index contributed by atoms with van der Waals surface area (Å²) in [7, 11) is 0. The van der Waals surface area contributed by atoms with Crippen molar-refractivity contribution in [3.63, 3.8) is 0 Å². The molecule has 0 spiro atoms. The summed E-state index contributed by atoms with van der Waals surface area (Å²) in [5.74, 6) is 0. The summed E-state index contributed by atoms with van der Waals surface area (Å²) in [5, 5.41) is 9.82. The quantitative estimate of drug-likeness (QED) is 0.120. The van der Waals surface area contributed by atoms with Crippen LogP contribution in [0.5, 0.6) is 0 Å². The predicted molar refractivity (Wildman–Crippen MR) is 362 cm³/mol. The fourth-order valence-corrected chi connectivity index (χ4v) is 13.5. The van der Waals surface area contributed by atoms with Gasteiger partial charge in [-0.25, -0.2) is 0 Å². The lowest BCUT2D eigenvalue weighted by molar-refractivity contribution is 1.20. The molecular formula is C84H55N. The van der Waals surface area contributed by atoms with Crippen LogP contribution in [0.2, 0.25) is 0 Å². The molecule has 1 heteroatoms. The molecule has 0 amide bonds. The minimum Gasteiger partial charge on any atom is -0.309 e. The van der Waals surface area contributed by atoms with E-state index in [1.165, 1.54) is 132 Å². The molecule has 0 aliphatic rings. The van der Waals surface area contributed by atoms with Crippen LogP contribution in [0.1, 0.15) is 0 Å². The Hall–Kier alpha value is -11.1. The highest BCUT2D eigenvalue weighted by Crippen LogP contribution is 2.47. The van der Waals surface area contributed by atoms with Gasteiger partial charge in [-0.1, -0.05) is 285 Å². The number of aromatic nitrogens is 1. The predicted octanol–water partition coefficient (Wildman–Crippen LogP) is 23.2. The van der Waals surface area contributed by atoms with Crippen molar-refractivity contribution in [1.82, 2.24) is 4.57 Å². The topological polar surface area (TPSA) is 4.93 Å². The number of fused-ring (bicyclic) bond motifs is 7. The van der Waals surface area contributed by atoms with Crippen LogP contribution in [-0.2, 0) is 0 Å². The Balaban J connectivity index is 0.923. The number of benzene rings is 15. The molecule has 0 N–H and O–H groups in total. The van der Waals surface area contributed by atoms with Crippen LogP contribution in [0.4, 0.5) is 0 Å². The molecule has 1 nitrogen and oxygen atoms in total. The molecule has 0 aliphatic carbocycles. The summed E-state index contributed by atoms with van der Waals surface area (Å²) in [6, 6.07) is 123. The fourth-order valence-electron chi connectivity index (χ4n) is 13.5. The van der Waals surface area contributed by atoms with Crippen molar-refractivity contribution >= 4 is 54.1 Å². The highest BCUT2D eigenvalue weighted by atomic mass is 15.0. The van der Waals surface area contributed by atoms with E-state index in [2.05, 4.69) is 338 Å². The van der Waals surface area contributed by atoms with Crippen molar-refractivity contribution in [3.8, 4) is 106 Å². The van der Waals surface area contributed by atoms with E-state index in [9.17, 15) is 0 Å². The molecule has 1 heterocycles. The lowest BCUT2D eigenvalue weighted by Crippen LogP contribution is -1.97. The average molecular weight is 1080 g/mol. The van der Waals surface area contributed by atoms with Gasteiger partial charge in [0.1, 0.15) is 0 Å². The van der Waals surface area contributed by atoms with Gasteiger partial charge in [-0.05, 0) is 176 Å². The Morgan fingerprint density at radius 1 is 0.153 bits per heavy atom. The molecule has 0 saturated carbocycles. The van der Waals surface area contributed by atoms with Gasteiger partial charge in [0.2, 0.25) is 0 Å². The van der Waals surface area contributed by atoms with Gasteiger partial charge in [0.15, 0.2) is 0 Å². The van der Waals surface area contributed by atoms with E-state index in [1.807, 2.05) is 0 Å². The average Bonchev–Trinajstić information content (AvgIpc) is 1.94. The minimum atomic E-state index is 1.14. The van der Waals surface area contributed by atoms with Gasteiger partial charge >= 0.3 is 0 Å². The molecule has 15 aromatic carbocycles. The Morgan fingerprint density at radius 3 is 0.965 bits per heavy atom. The van der Waals surface area contributed by atoms with Crippen LogP contribution in [0, 0.1) is 0 Å². The molecule has 16 aromatic rings. The van der Waals surface area contributed by atoms with Crippen molar-refractivity contribution in [3.05, 3.63) is 334 Å². The zero-order valence-corrected chi connectivity index (χ0v) is 46.7. The van der Waals surface area contributed by atoms with Gasteiger partial charge in [-0.15, -0.1) is 0 Å². The summed E-state index contributed by atoms with van der Waals surface area (Å²) < 4.78 is 2.52. The summed E-state index contributed by atoms with van der Waals surface area (Å²) in [6.07, 6.45) is 0. The zero-order chi connectivity index (χ0) is 56.2. The van der Waals surface area contributed by atoms with Crippen LogP contribution in [-0.4, -0.2) is 4.57 Å². The van der Waals surface area contributed by atoms with Gasteiger partial charge in [0.05, 0.1) is 16.7 Å². The molecule has 0 saturated heterocycles. The highest BCUT2D eigenvalue weighted by Gasteiger charge is 2.22. The van der Waals surface area contributed by atoms with Crippen molar-refractivity contribution in [2.24, 2.45) is 0 Å². The second kappa shape index (κ2) is 21.0. The van der Waals surface area contributed by atoms with E-state index in [0.717, 1.165) is 27.8 Å². The van der Waals surface area contributed by atoms with Gasteiger partial charge in [0, 0.05) is 16.2 Å². The first-order valence-corrected chi connectivity index (χ1v) is 29.4. The number of rotatable bonds is 10. The van der Waals surface area contributed by atoms with E-state index in [1.54, 1.807) is 0 Å². The maximum absolute atomic E-state index is 2.52. The molecule has 85 heavy (non-hydrogen) atoms. The molecular weight excluding hydrogens is 1020 g/mol. The number of hydrogen-bond acceptors (Lipinski definition) is 0. The normalized spacial score (nSPS) is 11.5. The number of hydrogen-bond donors (Lipinski definition) is 0. The Morgan fingerprint density at radius 2 is 0.482 bits per heavy atom. The van der Waals surface area contributed by atoms with E-state index in [4.69, 9.17) is 0 Å². The summed E-state index contributed by atoms with van der Waals surface area (Å²) >= 11 is 0. The smallest absolute Gasteiger partial charge is 0.0541 e. The van der Waals surface area contributed by atoms with Crippen LogP contribution in [0.25, 0.3) is 160 Å². The van der Waals surface area contributed by atoms with Crippen LogP contribution >= 0.6 is 0 Å². The third-order valence-electron chi connectivity index (χ3n) is 17.4. The third kappa shape index (κ3) is 8.72. The molecule has 16 rings (SSSR count). The van der Waals surface area contributed by atoms with Crippen LogP contribution in [0.15, 0.2) is 334 Å². The monoisotopic (exact) mass is 1080 g/mol. The first-order chi connectivity index (χ1) is 42.2. The molecule has 0 aliphatic heterocycles. The van der Waals surface area contributed by atoms with Gasteiger partial charge < -0.3 is 4.57 Å². The summed E-state index contributed by atoms with van der Waals surface area (Å²) in [4.78, 5) is 0. The molecule has 396 valence electrons. The minimum absolute atomic E-state index is 1.14. The largest absolute Gasteiger partial charge is 0.309 e. The van der Waals surface area contributed by atoms with Crippen LogP contribution < -0.4 is 0 Å². The Kier molecular flexibility index (Phi) is 12.3. The molecule has 0 atom stereocenters. The summed E-state index contributed by atoms with van der Waals surface area (Å²) in [5.41, 5.74) is 24.9. The first-order valence-electron chi connectivity index (χ1n) is 29.4. The maximum Gasteiger partial charge on any atom is 0.0541 e. The molecule has 0 bridgehead atoms. The second-order valence-electron chi connectivity index (χ2n) is 22.2. The van der Waals surface area contributed by atoms with E-state index < -0.39 is 0 Å². The summed E-state index contributed by atoms with van der Waals surface area (Å²) in [6.45, 7) is 0. The highest BCUT2D eigenvalue weighted by molar-refractivity contribution is 6.18. The van der Waals surface area contributed by atoms with Gasteiger partial charge in [-0.2, -0.15) is 0 Å². The van der Waals surface area contributed by atoms with Gasteiger partial charge in [-0.3, -0.25) is 0 Å². The zero-order valence-electron chi connectivity index (χ0n) is 46.7.